The molecule has 0 saturated heterocycles. The molecule has 0 unspecified atom stereocenters. The zero-order valence-corrected chi connectivity index (χ0v) is 17.4. The number of carbonyl (C=O) groups is 1. The van der Waals surface area contributed by atoms with Gasteiger partial charge in [-0.15, -0.1) is 0 Å². The van der Waals surface area contributed by atoms with Crippen molar-refractivity contribution in [3.63, 3.8) is 0 Å². The molecule has 1 heterocycles. The van der Waals surface area contributed by atoms with Crippen LogP contribution in [0.25, 0.3) is 10.9 Å². The molecule has 29 heavy (non-hydrogen) atoms. The fraction of sp³-hybridized carbons (Fsp3) is 0.385. The molecular weight excluding hydrogens is 358 g/mol. The first-order valence-corrected chi connectivity index (χ1v) is 10.8. The Morgan fingerprint density at radius 1 is 0.966 bits per heavy atom. The zero-order chi connectivity index (χ0) is 20.3. The van der Waals surface area contributed by atoms with Crippen LogP contribution in [0, 0.1) is 5.41 Å². The number of para-hydroxylation sites is 1. The molecular formula is C26H29NO2. The molecule has 1 aliphatic rings. The molecule has 0 amide bonds. The number of Topliss-reactive ketones (excluding diaryl/α,β-unsaturated/α-hetero) is 1. The first kappa shape index (κ1) is 19.6. The van der Waals surface area contributed by atoms with Crippen molar-refractivity contribution in [3.05, 3.63) is 71.4 Å². The second-order valence-electron chi connectivity index (χ2n) is 8.18. The number of carbonyl (C=O) groups excluding carboxylic acids is 1. The third-order valence-electron chi connectivity index (χ3n) is 6.20. The van der Waals surface area contributed by atoms with E-state index in [2.05, 4.69) is 26.0 Å². The summed E-state index contributed by atoms with van der Waals surface area (Å²) in [4.78, 5) is 18.1. The maximum Gasteiger partial charge on any atom is 0.169 e. The van der Waals surface area contributed by atoms with Crippen molar-refractivity contribution < 1.29 is 9.53 Å². The van der Waals surface area contributed by atoms with Crippen LogP contribution in [0.15, 0.2) is 54.6 Å². The Kier molecular flexibility index (Phi) is 5.66. The van der Waals surface area contributed by atoms with E-state index in [-0.39, 0.29) is 5.41 Å². The van der Waals surface area contributed by atoms with Gasteiger partial charge >= 0.3 is 0 Å². The summed E-state index contributed by atoms with van der Waals surface area (Å²) in [5, 5.41) is 1.13. The van der Waals surface area contributed by atoms with Crippen molar-refractivity contribution in [2.75, 3.05) is 0 Å². The summed E-state index contributed by atoms with van der Waals surface area (Å²) in [6.07, 6.45) is 5.88. The SMILES string of the molecule is CCCC1(CCC)CCc2c(OCc3ccc4ccccc4n3)cccc2C1=O. The van der Waals surface area contributed by atoms with Gasteiger partial charge in [-0.2, -0.15) is 0 Å². The van der Waals surface area contributed by atoms with Gasteiger partial charge < -0.3 is 4.74 Å². The minimum absolute atomic E-state index is 0.185. The van der Waals surface area contributed by atoms with Crippen LogP contribution in [0.3, 0.4) is 0 Å². The molecule has 3 nitrogen and oxygen atoms in total. The lowest BCUT2D eigenvalue weighted by atomic mass is 9.65. The molecule has 3 heteroatoms. The van der Waals surface area contributed by atoms with Crippen LogP contribution in [-0.2, 0) is 13.0 Å². The molecule has 0 radical (unpaired) electrons. The predicted molar refractivity (Wildman–Crippen MR) is 117 cm³/mol. The average molecular weight is 388 g/mol. The summed E-state index contributed by atoms with van der Waals surface area (Å²) in [5.41, 5.74) is 3.62. The molecule has 0 spiro atoms. The molecule has 1 aromatic heterocycles. The number of hydrogen-bond acceptors (Lipinski definition) is 3. The van der Waals surface area contributed by atoms with Gasteiger partial charge in [-0.05, 0) is 43.9 Å². The molecule has 0 saturated carbocycles. The van der Waals surface area contributed by atoms with Gasteiger partial charge in [-0.1, -0.05) is 63.1 Å². The predicted octanol–water partition coefficient (Wildman–Crippen LogP) is 6.53. The largest absolute Gasteiger partial charge is 0.487 e. The smallest absolute Gasteiger partial charge is 0.169 e. The van der Waals surface area contributed by atoms with Crippen LogP contribution < -0.4 is 4.74 Å². The molecule has 0 N–H and O–H groups in total. The number of ketones is 1. The summed E-state index contributed by atoms with van der Waals surface area (Å²) in [6.45, 7) is 4.76. The van der Waals surface area contributed by atoms with Crippen molar-refractivity contribution in [1.82, 2.24) is 4.98 Å². The number of hydrogen-bond donors (Lipinski definition) is 0. The van der Waals surface area contributed by atoms with E-state index < -0.39 is 0 Å². The molecule has 0 aliphatic heterocycles. The summed E-state index contributed by atoms with van der Waals surface area (Å²) in [5.74, 6) is 1.14. The van der Waals surface area contributed by atoms with E-state index in [4.69, 9.17) is 9.72 Å². The summed E-state index contributed by atoms with van der Waals surface area (Å²) < 4.78 is 6.16. The van der Waals surface area contributed by atoms with Gasteiger partial charge in [0.15, 0.2) is 5.78 Å². The average Bonchev–Trinajstić information content (AvgIpc) is 2.75. The fourth-order valence-electron chi connectivity index (χ4n) is 4.83. The number of pyridine rings is 1. The third kappa shape index (κ3) is 3.78. The van der Waals surface area contributed by atoms with Crippen LogP contribution in [-0.4, -0.2) is 10.8 Å². The lowest BCUT2D eigenvalue weighted by Gasteiger charge is -2.37. The monoisotopic (exact) mass is 387 g/mol. The number of fused-ring (bicyclic) bond motifs is 2. The lowest BCUT2D eigenvalue weighted by molar-refractivity contribution is 0.0712. The minimum atomic E-state index is -0.185. The van der Waals surface area contributed by atoms with E-state index in [1.807, 2.05) is 42.5 Å². The molecule has 0 bridgehead atoms. The molecule has 4 rings (SSSR count). The highest BCUT2D eigenvalue weighted by atomic mass is 16.5. The van der Waals surface area contributed by atoms with Gasteiger partial charge in [0.25, 0.3) is 0 Å². The Bertz CT molecular complexity index is 1020. The van der Waals surface area contributed by atoms with Crippen LogP contribution in [0.5, 0.6) is 5.75 Å². The maximum atomic E-state index is 13.4. The first-order valence-electron chi connectivity index (χ1n) is 10.8. The second kappa shape index (κ2) is 8.36. The van der Waals surface area contributed by atoms with E-state index in [1.165, 1.54) is 0 Å². The Morgan fingerprint density at radius 3 is 2.55 bits per heavy atom. The molecule has 2 aromatic carbocycles. The number of aromatic nitrogens is 1. The van der Waals surface area contributed by atoms with Gasteiger partial charge in [0, 0.05) is 21.9 Å². The van der Waals surface area contributed by atoms with Crippen LogP contribution in [0.2, 0.25) is 0 Å². The van der Waals surface area contributed by atoms with Gasteiger partial charge in [-0.3, -0.25) is 4.79 Å². The highest BCUT2D eigenvalue weighted by Gasteiger charge is 2.41. The topological polar surface area (TPSA) is 39.2 Å². The van der Waals surface area contributed by atoms with Gasteiger partial charge in [-0.25, -0.2) is 4.98 Å². The van der Waals surface area contributed by atoms with E-state index in [1.54, 1.807) is 0 Å². The van der Waals surface area contributed by atoms with Crippen molar-refractivity contribution in [2.24, 2.45) is 5.41 Å². The van der Waals surface area contributed by atoms with Crippen molar-refractivity contribution in [2.45, 2.75) is 59.0 Å². The van der Waals surface area contributed by atoms with Gasteiger partial charge in [0.1, 0.15) is 12.4 Å². The van der Waals surface area contributed by atoms with E-state index >= 15 is 0 Å². The standard InChI is InChI=1S/C26H29NO2/c1-3-15-26(16-4-2)17-14-21-22(25(26)28)9-7-11-24(21)29-18-20-13-12-19-8-5-6-10-23(19)27-20/h5-13H,3-4,14-18H2,1-2H3. The van der Waals surface area contributed by atoms with Gasteiger partial charge in [0.2, 0.25) is 0 Å². The lowest BCUT2D eigenvalue weighted by Crippen LogP contribution is -2.36. The number of rotatable bonds is 7. The number of benzene rings is 2. The quantitative estimate of drug-likeness (QED) is 0.463. The fourth-order valence-corrected chi connectivity index (χ4v) is 4.83. The van der Waals surface area contributed by atoms with E-state index in [0.29, 0.717) is 12.4 Å². The summed E-state index contributed by atoms with van der Waals surface area (Å²) in [7, 11) is 0. The third-order valence-corrected chi connectivity index (χ3v) is 6.20. The number of ether oxygens (including phenoxy) is 1. The van der Waals surface area contributed by atoms with E-state index in [9.17, 15) is 4.79 Å². The van der Waals surface area contributed by atoms with Crippen molar-refractivity contribution in [3.8, 4) is 5.75 Å². The van der Waals surface area contributed by atoms with Crippen LogP contribution >= 0.6 is 0 Å². The molecule has 1 aliphatic carbocycles. The second-order valence-corrected chi connectivity index (χ2v) is 8.18. The Morgan fingerprint density at radius 2 is 1.76 bits per heavy atom. The summed E-state index contributed by atoms with van der Waals surface area (Å²) >= 11 is 0. The molecule has 3 aromatic rings. The van der Waals surface area contributed by atoms with Crippen molar-refractivity contribution >= 4 is 16.7 Å². The molecule has 0 atom stereocenters. The Labute approximate surface area is 173 Å². The minimum Gasteiger partial charge on any atom is -0.487 e. The Balaban J connectivity index is 1.57. The van der Waals surface area contributed by atoms with Crippen LogP contribution in [0.1, 0.15) is 67.6 Å². The highest BCUT2D eigenvalue weighted by molar-refractivity contribution is 6.03. The first-order chi connectivity index (χ1) is 14.2. The normalized spacial score (nSPS) is 15.3. The maximum absolute atomic E-state index is 13.4. The van der Waals surface area contributed by atoms with Gasteiger partial charge in [0.05, 0.1) is 11.2 Å². The molecule has 0 fully saturated rings. The number of nitrogens with zero attached hydrogens (tertiary/aromatic N) is 1. The van der Waals surface area contributed by atoms with Crippen molar-refractivity contribution in [1.29, 1.82) is 0 Å². The highest BCUT2D eigenvalue weighted by Crippen LogP contribution is 2.44. The Hall–Kier alpha value is -2.68. The van der Waals surface area contributed by atoms with Crippen LogP contribution in [0.4, 0.5) is 0 Å². The molecule has 150 valence electrons. The summed E-state index contributed by atoms with van der Waals surface area (Å²) in [6, 6.07) is 18.1. The zero-order valence-electron chi connectivity index (χ0n) is 17.4. The van der Waals surface area contributed by atoms with E-state index in [0.717, 1.165) is 72.0 Å².